The lowest BCUT2D eigenvalue weighted by Crippen LogP contribution is -2.22. The number of aromatic hydroxyl groups is 1. The molecule has 7 nitrogen and oxygen atoms in total. The van der Waals surface area contributed by atoms with Crippen LogP contribution in [0.1, 0.15) is 23.6 Å². The van der Waals surface area contributed by atoms with Gasteiger partial charge < -0.3 is 20.1 Å². The van der Waals surface area contributed by atoms with Crippen molar-refractivity contribution in [3.63, 3.8) is 0 Å². The lowest BCUT2D eigenvalue weighted by atomic mass is 9.99. The molecule has 0 fully saturated rings. The molecule has 4 aromatic rings. The van der Waals surface area contributed by atoms with E-state index in [1.165, 1.54) is 11.8 Å². The number of carbonyl (C=O) groups excluding carboxylic acids is 1. The van der Waals surface area contributed by atoms with Crippen molar-refractivity contribution in [2.24, 2.45) is 4.99 Å². The summed E-state index contributed by atoms with van der Waals surface area (Å²) in [6.45, 7) is 1.49. The van der Waals surface area contributed by atoms with Gasteiger partial charge in [0.05, 0.1) is 28.9 Å². The zero-order chi connectivity index (χ0) is 24.4. The Morgan fingerprint density at radius 1 is 1.03 bits per heavy atom. The lowest BCUT2D eigenvalue weighted by Gasteiger charge is -2.15. The van der Waals surface area contributed by atoms with Crippen LogP contribution in [0.3, 0.4) is 0 Å². The molecule has 3 N–H and O–H groups in total. The molecule has 0 radical (unpaired) electrons. The number of amides is 1. The van der Waals surface area contributed by atoms with E-state index in [1.54, 1.807) is 67.7 Å². The number of carboxylic acids is 1. The molecule has 4 rings (SSSR count). The number of rotatable bonds is 6. The van der Waals surface area contributed by atoms with Crippen LogP contribution in [0.5, 0.6) is 5.88 Å². The first-order valence-electron chi connectivity index (χ1n) is 10.5. The summed E-state index contributed by atoms with van der Waals surface area (Å²) in [6.07, 6.45) is -0.0886. The Morgan fingerprint density at radius 3 is 2.32 bits per heavy atom. The van der Waals surface area contributed by atoms with E-state index in [9.17, 15) is 14.7 Å². The number of nitrogens with one attached hydrogen (secondary N) is 1. The van der Waals surface area contributed by atoms with Crippen molar-refractivity contribution in [3.8, 4) is 5.88 Å². The van der Waals surface area contributed by atoms with Crippen LogP contribution in [0.25, 0.3) is 10.9 Å². The van der Waals surface area contributed by atoms with Crippen molar-refractivity contribution in [1.29, 1.82) is 0 Å². The summed E-state index contributed by atoms with van der Waals surface area (Å²) in [5.74, 6) is -1.05. The van der Waals surface area contributed by atoms with E-state index in [2.05, 4.69) is 4.98 Å². The van der Waals surface area contributed by atoms with E-state index in [0.29, 0.717) is 38.6 Å². The first kappa shape index (κ1) is 23.1. The summed E-state index contributed by atoms with van der Waals surface area (Å²) in [5.41, 5.74) is 4.37. The fourth-order valence-electron chi connectivity index (χ4n) is 3.68. The molecular weight excluding hydrogens is 454 g/mol. The molecule has 0 spiro atoms. The van der Waals surface area contributed by atoms with E-state index in [0.717, 1.165) is 11.1 Å². The highest BCUT2D eigenvalue weighted by atomic mass is 35.5. The second-order valence-electron chi connectivity index (χ2n) is 7.86. The number of carbonyl (C=O) groups is 2. The monoisotopic (exact) mass is 475 g/mol. The zero-order valence-electron chi connectivity index (χ0n) is 18.5. The number of hydrogen-bond donors (Lipinski definition) is 3. The molecule has 172 valence electrons. The summed E-state index contributed by atoms with van der Waals surface area (Å²) in [5, 5.41) is 21.1. The number of aromatic amines is 1. The molecule has 0 unspecified atom stereocenters. The summed E-state index contributed by atoms with van der Waals surface area (Å²) in [4.78, 5) is 32.0. The summed E-state index contributed by atoms with van der Waals surface area (Å²) in [6, 6.07) is 19.5. The smallest absolute Gasteiger partial charge is 0.307 e. The lowest BCUT2D eigenvalue weighted by molar-refractivity contribution is -0.136. The molecule has 0 aliphatic carbocycles. The Morgan fingerprint density at radius 2 is 1.71 bits per heavy atom. The molecule has 0 bridgehead atoms. The first-order valence-corrected chi connectivity index (χ1v) is 10.9. The highest BCUT2D eigenvalue weighted by molar-refractivity contribution is 6.31. The van der Waals surface area contributed by atoms with Crippen molar-refractivity contribution in [1.82, 2.24) is 4.98 Å². The number of carboxylic acid groups (broad SMARTS) is 1. The molecule has 1 aromatic heterocycles. The maximum Gasteiger partial charge on any atom is 0.307 e. The Kier molecular flexibility index (Phi) is 6.38. The van der Waals surface area contributed by atoms with E-state index in [1.807, 2.05) is 6.07 Å². The number of fused-ring (bicyclic) bond motifs is 1. The molecule has 1 amide bonds. The van der Waals surface area contributed by atoms with Gasteiger partial charge in [-0.1, -0.05) is 41.9 Å². The van der Waals surface area contributed by atoms with Crippen LogP contribution in [-0.2, 0) is 16.0 Å². The van der Waals surface area contributed by atoms with Gasteiger partial charge in [0, 0.05) is 35.6 Å². The van der Waals surface area contributed by atoms with Crippen LogP contribution in [0.2, 0.25) is 5.02 Å². The quantitative estimate of drug-likeness (QED) is 0.329. The van der Waals surface area contributed by atoms with Gasteiger partial charge in [0.2, 0.25) is 5.91 Å². The molecule has 0 saturated heterocycles. The Labute approximate surface area is 200 Å². The average molecular weight is 476 g/mol. The van der Waals surface area contributed by atoms with Crippen LogP contribution >= 0.6 is 11.6 Å². The number of nitrogens with zero attached hydrogens (tertiary/aromatic N) is 2. The normalized spacial score (nSPS) is 11.6. The zero-order valence-corrected chi connectivity index (χ0v) is 19.3. The molecular formula is C26H22ClN3O4. The minimum atomic E-state index is -0.914. The number of benzene rings is 3. The van der Waals surface area contributed by atoms with Crippen molar-refractivity contribution >= 4 is 51.5 Å². The standard InChI is InChI=1S/C26H22ClN3O4/c1-15(31)30(2)20-10-8-19(9-11-20)28-25(17-5-3-16(4-6-17)13-23(32)33)24-21-12-7-18(27)14-22(21)29-26(24)34/h3-12,14,29,34H,13H2,1-2H3,(H,32,33). The second kappa shape index (κ2) is 9.41. The van der Waals surface area contributed by atoms with Gasteiger partial charge in [-0.25, -0.2) is 4.99 Å². The maximum atomic E-state index is 11.6. The van der Waals surface area contributed by atoms with Gasteiger partial charge >= 0.3 is 5.97 Å². The topological polar surface area (TPSA) is 106 Å². The third-order valence-corrected chi connectivity index (χ3v) is 5.75. The number of aliphatic carboxylic acids is 1. The Balaban J connectivity index is 1.85. The number of aliphatic imine (C=N–C) groups is 1. The SMILES string of the molecule is CC(=O)N(C)c1ccc(N=C(c2ccc(CC(=O)O)cc2)c2c(O)[nH]c3cc(Cl)ccc23)cc1. The third-order valence-electron chi connectivity index (χ3n) is 5.51. The van der Waals surface area contributed by atoms with Crippen molar-refractivity contribution < 1.29 is 19.8 Å². The van der Waals surface area contributed by atoms with Crippen LogP contribution in [-0.4, -0.2) is 39.8 Å². The predicted octanol–water partition coefficient (Wildman–Crippen LogP) is 5.31. The fourth-order valence-corrected chi connectivity index (χ4v) is 3.85. The Hall–Kier alpha value is -4.10. The third kappa shape index (κ3) is 4.79. The van der Waals surface area contributed by atoms with Crippen molar-refractivity contribution in [2.45, 2.75) is 13.3 Å². The van der Waals surface area contributed by atoms with Gasteiger partial charge in [-0.2, -0.15) is 0 Å². The highest BCUT2D eigenvalue weighted by Crippen LogP contribution is 2.33. The molecule has 34 heavy (non-hydrogen) atoms. The van der Waals surface area contributed by atoms with Gasteiger partial charge in [-0.15, -0.1) is 0 Å². The maximum absolute atomic E-state index is 11.6. The minimum Gasteiger partial charge on any atom is -0.494 e. The summed E-state index contributed by atoms with van der Waals surface area (Å²) in [7, 11) is 1.69. The van der Waals surface area contributed by atoms with Gasteiger partial charge in [0.1, 0.15) is 0 Å². The molecule has 0 aliphatic rings. The van der Waals surface area contributed by atoms with Crippen molar-refractivity contribution in [2.75, 3.05) is 11.9 Å². The van der Waals surface area contributed by atoms with E-state index in [-0.39, 0.29) is 18.2 Å². The molecule has 0 saturated carbocycles. The molecule has 0 aliphatic heterocycles. The second-order valence-corrected chi connectivity index (χ2v) is 8.30. The van der Waals surface area contributed by atoms with E-state index >= 15 is 0 Å². The van der Waals surface area contributed by atoms with Gasteiger partial charge in [-0.05, 0) is 42.0 Å². The summed E-state index contributed by atoms with van der Waals surface area (Å²) < 4.78 is 0. The minimum absolute atomic E-state index is 0.0569. The largest absolute Gasteiger partial charge is 0.494 e. The van der Waals surface area contributed by atoms with Crippen LogP contribution < -0.4 is 4.90 Å². The van der Waals surface area contributed by atoms with Gasteiger partial charge in [0.25, 0.3) is 0 Å². The average Bonchev–Trinajstić information content (AvgIpc) is 3.12. The van der Waals surface area contributed by atoms with Crippen LogP contribution in [0, 0.1) is 0 Å². The van der Waals surface area contributed by atoms with Gasteiger partial charge in [0.15, 0.2) is 5.88 Å². The van der Waals surface area contributed by atoms with E-state index < -0.39 is 5.97 Å². The highest BCUT2D eigenvalue weighted by Gasteiger charge is 2.19. The number of anilines is 1. The van der Waals surface area contributed by atoms with Gasteiger partial charge in [-0.3, -0.25) is 9.59 Å². The number of hydrogen-bond acceptors (Lipinski definition) is 4. The molecule has 3 aromatic carbocycles. The number of halogens is 1. The predicted molar refractivity (Wildman–Crippen MR) is 134 cm³/mol. The molecule has 8 heteroatoms. The van der Waals surface area contributed by atoms with Crippen LogP contribution in [0.15, 0.2) is 71.7 Å². The number of H-pyrrole nitrogens is 1. The van der Waals surface area contributed by atoms with E-state index in [4.69, 9.17) is 21.7 Å². The van der Waals surface area contributed by atoms with Crippen LogP contribution in [0.4, 0.5) is 11.4 Å². The fraction of sp³-hybridized carbons (Fsp3) is 0.115. The Bertz CT molecular complexity index is 1410. The molecule has 0 atom stereocenters. The summed E-state index contributed by atoms with van der Waals surface area (Å²) >= 11 is 6.12. The number of aromatic nitrogens is 1. The van der Waals surface area contributed by atoms with Crippen molar-refractivity contribution in [3.05, 3.63) is 88.4 Å². The first-order chi connectivity index (χ1) is 16.2. The molecule has 1 heterocycles.